The van der Waals surface area contributed by atoms with Gasteiger partial charge in [0.15, 0.2) is 0 Å². The molecule has 2 heterocycles. The molecule has 1 saturated carbocycles. The van der Waals surface area contributed by atoms with E-state index in [1.54, 1.807) is 23.7 Å². The predicted octanol–water partition coefficient (Wildman–Crippen LogP) is 3.22. The standard InChI is InChI=1S/C21H24FN3O3/c1-14-17(19(26)27)13-23-25(14)16-6-10-24(11-7-16)20(28)21(8-9-21)12-15-4-2-3-5-18(15)22/h2-5,13,16H,6-12H2,1H3,(H,26,27). The van der Waals surface area contributed by atoms with E-state index in [0.717, 1.165) is 25.7 Å². The minimum Gasteiger partial charge on any atom is -0.478 e. The van der Waals surface area contributed by atoms with Crippen LogP contribution in [-0.4, -0.2) is 44.8 Å². The second-order valence-corrected chi connectivity index (χ2v) is 7.97. The number of carboxylic acid groups (broad SMARTS) is 1. The quantitative estimate of drug-likeness (QED) is 0.858. The lowest BCUT2D eigenvalue weighted by Crippen LogP contribution is -2.43. The first-order chi connectivity index (χ1) is 13.4. The van der Waals surface area contributed by atoms with Crippen molar-refractivity contribution in [3.05, 3.63) is 53.1 Å². The van der Waals surface area contributed by atoms with Crippen LogP contribution in [0.2, 0.25) is 0 Å². The van der Waals surface area contributed by atoms with Crippen LogP contribution in [0.3, 0.4) is 0 Å². The lowest BCUT2D eigenvalue weighted by molar-refractivity contribution is -0.138. The third-order valence-corrected chi connectivity index (χ3v) is 6.17. The van der Waals surface area contributed by atoms with Crippen molar-refractivity contribution >= 4 is 11.9 Å². The summed E-state index contributed by atoms with van der Waals surface area (Å²) in [6, 6.07) is 6.77. The fourth-order valence-electron chi connectivity index (χ4n) is 4.27. The number of carbonyl (C=O) groups is 2. The number of rotatable bonds is 5. The number of hydrogen-bond donors (Lipinski definition) is 1. The zero-order chi connectivity index (χ0) is 19.9. The maximum absolute atomic E-state index is 14.0. The van der Waals surface area contributed by atoms with Gasteiger partial charge in [-0.1, -0.05) is 18.2 Å². The maximum Gasteiger partial charge on any atom is 0.339 e. The molecule has 2 fully saturated rings. The van der Waals surface area contributed by atoms with Gasteiger partial charge in [0.1, 0.15) is 11.4 Å². The molecule has 0 spiro atoms. The molecule has 1 aliphatic heterocycles. The Morgan fingerprint density at radius 3 is 2.50 bits per heavy atom. The van der Waals surface area contributed by atoms with E-state index in [9.17, 15) is 19.1 Å². The fraction of sp³-hybridized carbons (Fsp3) is 0.476. The Hall–Kier alpha value is -2.70. The monoisotopic (exact) mass is 385 g/mol. The normalized spacial score (nSPS) is 18.9. The van der Waals surface area contributed by atoms with E-state index in [4.69, 9.17) is 0 Å². The van der Waals surface area contributed by atoms with Gasteiger partial charge in [-0.05, 0) is 50.7 Å². The molecule has 1 aliphatic carbocycles. The summed E-state index contributed by atoms with van der Waals surface area (Å²) < 4.78 is 15.8. The number of halogens is 1. The number of hydrogen-bond acceptors (Lipinski definition) is 3. The van der Waals surface area contributed by atoms with Gasteiger partial charge in [0, 0.05) is 13.1 Å². The molecule has 2 aromatic rings. The van der Waals surface area contributed by atoms with Crippen molar-refractivity contribution in [2.45, 2.75) is 45.1 Å². The molecule has 2 aliphatic rings. The highest BCUT2D eigenvalue weighted by molar-refractivity contribution is 5.88. The number of carbonyl (C=O) groups excluding carboxylic acids is 1. The van der Waals surface area contributed by atoms with E-state index >= 15 is 0 Å². The number of carboxylic acids is 1. The van der Waals surface area contributed by atoms with E-state index in [-0.39, 0.29) is 23.3 Å². The number of aromatic nitrogens is 2. The number of benzene rings is 1. The average molecular weight is 385 g/mol. The summed E-state index contributed by atoms with van der Waals surface area (Å²) in [6.07, 6.45) is 4.94. The molecule has 1 aromatic heterocycles. The highest BCUT2D eigenvalue weighted by Gasteiger charge is 2.52. The molecule has 1 N–H and O–H groups in total. The third kappa shape index (κ3) is 3.30. The Labute approximate surface area is 163 Å². The van der Waals surface area contributed by atoms with Crippen LogP contribution in [0, 0.1) is 18.2 Å². The SMILES string of the molecule is Cc1c(C(=O)O)cnn1C1CCN(C(=O)C2(Cc3ccccc3F)CC2)CC1. The number of piperidine rings is 1. The van der Waals surface area contributed by atoms with Crippen molar-refractivity contribution in [1.82, 2.24) is 14.7 Å². The number of aromatic carboxylic acids is 1. The van der Waals surface area contributed by atoms with Crippen LogP contribution >= 0.6 is 0 Å². The molecule has 1 aromatic carbocycles. The lowest BCUT2D eigenvalue weighted by Gasteiger charge is -2.35. The van der Waals surface area contributed by atoms with E-state index < -0.39 is 11.4 Å². The van der Waals surface area contributed by atoms with Gasteiger partial charge in [-0.15, -0.1) is 0 Å². The highest BCUT2D eigenvalue weighted by atomic mass is 19.1. The molecule has 1 saturated heterocycles. The summed E-state index contributed by atoms with van der Waals surface area (Å²) in [5.41, 5.74) is 1.03. The van der Waals surface area contributed by atoms with E-state index in [1.807, 2.05) is 11.0 Å². The van der Waals surface area contributed by atoms with Crippen molar-refractivity contribution in [2.24, 2.45) is 5.41 Å². The number of likely N-dealkylation sites (tertiary alicyclic amines) is 1. The van der Waals surface area contributed by atoms with Crippen LogP contribution in [0.5, 0.6) is 0 Å². The summed E-state index contributed by atoms with van der Waals surface area (Å²) in [4.78, 5) is 26.2. The van der Waals surface area contributed by atoms with Crippen molar-refractivity contribution in [1.29, 1.82) is 0 Å². The van der Waals surface area contributed by atoms with Crippen molar-refractivity contribution in [2.75, 3.05) is 13.1 Å². The first kappa shape index (κ1) is 18.7. The molecule has 1 amide bonds. The molecule has 0 atom stereocenters. The Bertz CT molecular complexity index is 911. The minimum absolute atomic E-state index is 0.0962. The average Bonchev–Trinajstić information content (AvgIpc) is 3.37. The summed E-state index contributed by atoms with van der Waals surface area (Å²) in [5.74, 6) is -1.10. The molecular weight excluding hydrogens is 361 g/mol. The predicted molar refractivity (Wildman–Crippen MR) is 101 cm³/mol. The van der Waals surface area contributed by atoms with Gasteiger partial charge >= 0.3 is 5.97 Å². The van der Waals surface area contributed by atoms with Gasteiger partial charge in [0.2, 0.25) is 5.91 Å². The van der Waals surface area contributed by atoms with Gasteiger partial charge in [-0.3, -0.25) is 9.48 Å². The molecule has 4 rings (SSSR count). The summed E-state index contributed by atoms with van der Waals surface area (Å²) in [5, 5.41) is 13.4. The highest BCUT2D eigenvalue weighted by Crippen LogP contribution is 2.50. The van der Waals surface area contributed by atoms with E-state index in [1.165, 1.54) is 12.3 Å². The topological polar surface area (TPSA) is 75.4 Å². The lowest BCUT2D eigenvalue weighted by atomic mass is 9.93. The zero-order valence-electron chi connectivity index (χ0n) is 15.9. The Morgan fingerprint density at radius 1 is 1.25 bits per heavy atom. The summed E-state index contributed by atoms with van der Waals surface area (Å²) in [7, 11) is 0. The molecule has 0 unspecified atom stereocenters. The minimum atomic E-state index is -0.972. The first-order valence-corrected chi connectivity index (χ1v) is 9.71. The van der Waals surface area contributed by atoms with Gasteiger partial charge < -0.3 is 10.0 Å². The smallest absolute Gasteiger partial charge is 0.339 e. The Kier molecular flexibility index (Phi) is 4.69. The number of nitrogens with zero attached hydrogens (tertiary/aromatic N) is 3. The Balaban J connectivity index is 1.40. The Morgan fingerprint density at radius 2 is 1.93 bits per heavy atom. The third-order valence-electron chi connectivity index (χ3n) is 6.17. The van der Waals surface area contributed by atoms with Crippen LogP contribution in [0.4, 0.5) is 4.39 Å². The second kappa shape index (κ2) is 7.04. The van der Waals surface area contributed by atoms with Crippen molar-refractivity contribution in [3.8, 4) is 0 Å². The van der Waals surface area contributed by atoms with Crippen molar-refractivity contribution < 1.29 is 19.1 Å². The largest absolute Gasteiger partial charge is 0.478 e. The van der Waals surface area contributed by atoms with Gasteiger partial charge in [0.25, 0.3) is 0 Å². The van der Waals surface area contributed by atoms with Gasteiger partial charge in [-0.25, -0.2) is 9.18 Å². The van der Waals surface area contributed by atoms with Crippen LogP contribution in [0.15, 0.2) is 30.5 Å². The summed E-state index contributed by atoms with van der Waals surface area (Å²) in [6.45, 7) is 3.00. The fourth-order valence-corrected chi connectivity index (χ4v) is 4.27. The summed E-state index contributed by atoms with van der Waals surface area (Å²) >= 11 is 0. The van der Waals surface area contributed by atoms with Crippen LogP contribution in [0.1, 0.15) is 53.3 Å². The molecule has 6 nitrogen and oxygen atoms in total. The zero-order valence-corrected chi connectivity index (χ0v) is 15.9. The van der Waals surface area contributed by atoms with Crippen molar-refractivity contribution in [3.63, 3.8) is 0 Å². The van der Waals surface area contributed by atoms with Gasteiger partial charge in [0.05, 0.1) is 23.3 Å². The molecule has 7 heteroatoms. The molecule has 28 heavy (non-hydrogen) atoms. The van der Waals surface area contributed by atoms with E-state index in [0.29, 0.717) is 30.8 Å². The second-order valence-electron chi connectivity index (χ2n) is 7.97. The molecule has 148 valence electrons. The van der Waals surface area contributed by atoms with Crippen LogP contribution in [-0.2, 0) is 11.2 Å². The maximum atomic E-state index is 14.0. The van der Waals surface area contributed by atoms with Gasteiger partial charge in [-0.2, -0.15) is 5.10 Å². The van der Waals surface area contributed by atoms with Crippen LogP contribution < -0.4 is 0 Å². The van der Waals surface area contributed by atoms with Crippen LogP contribution in [0.25, 0.3) is 0 Å². The molecule has 0 bridgehead atoms. The molecule has 0 radical (unpaired) electrons. The molecular formula is C21H24FN3O3. The first-order valence-electron chi connectivity index (χ1n) is 9.71. The van der Waals surface area contributed by atoms with E-state index in [2.05, 4.69) is 5.10 Å². The number of amides is 1.